The van der Waals surface area contributed by atoms with Crippen molar-refractivity contribution < 1.29 is 9.59 Å². The molecule has 0 saturated heterocycles. The minimum Gasteiger partial charge on any atom is -0.383 e. The molecule has 0 spiro atoms. The van der Waals surface area contributed by atoms with Crippen LogP contribution >= 0.6 is 0 Å². The van der Waals surface area contributed by atoms with Crippen LogP contribution in [0.2, 0.25) is 0 Å². The number of allylic oxidation sites excluding steroid dienone is 1. The lowest BCUT2D eigenvalue weighted by Gasteiger charge is -2.10. The van der Waals surface area contributed by atoms with Gasteiger partial charge in [0.05, 0.1) is 16.9 Å². The highest BCUT2D eigenvalue weighted by Crippen LogP contribution is 2.31. The van der Waals surface area contributed by atoms with E-state index in [2.05, 4.69) is 5.10 Å². The maximum Gasteiger partial charge on any atom is 0.208 e. The standard InChI is InChI=1S/C27H23N3O2/c1-29(2)19-18-23(31)25-24(27(32)21-14-8-4-9-15-21)26(20-12-6-3-7-13-20)30(28-25)22-16-10-5-11-17-22/h3-19H,1-2H3/b19-18+. The Bertz CT molecular complexity index is 1260. The van der Waals surface area contributed by atoms with Crippen LogP contribution in [0.25, 0.3) is 16.9 Å². The number of carbonyl (C=O) groups is 2. The van der Waals surface area contributed by atoms with Crippen LogP contribution in [-0.2, 0) is 0 Å². The zero-order valence-electron chi connectivity index (χ0n) is 18.0. The third-order valence-electron chi connectivity index (χ3n) is 4.95. The third-order valence-corrected chi connectivity index (χ3v) is 4.95. The molecule has 3 aromatic carbocycles. The summed E-state index contributed by atoms with van der Waals surface area (Å²) in [5.41, 5.74) is 3.08. The van der Waals surface area contributed by atoms with Crippen LogP contribution in [0.5, 0.6) is 0 Å². The molecule has 32 heavy (non-hydrogen) atoms. The van der Waals surface area contributed by atoms with Crippen molar-refractivity contribution in [2.45, 2.75) is 0 Å². The summed E-state index contributed by atoms with van der Waals surface area (Å²) in [5.74, 6) is -0.571. The molecule has 4 aromatic rings. The number of ketones is 2. The summed E-state index contributed by atoms with van der Waals surface area (Å²) in [5, 5.41) is 4.66. The van der Waals surface area contributed by atoms with Gasteiger partial charge < -0.3 is 4.90 Å². The van der Waals surface area contributed by atoms with Crippen LogP contribution in [0, 0.1) is 0 Å². The van der Waals surface area contributed by atoms with Gasteiger partial charge in [-0.05, 0) is 12.1 Å². The molecule has 0 saturated carbocycles. The van der Waals surface area contributed by atoms with Crippen molar-refractivity contribution in [3.05, 3.63) is 120 Å². The molecule has 0 unspecified atom stereocenters. The van der Waals surface area contributed by atoms with Crippen LogP contribution in [0.1, 0.15) is 26.4 Å². The zero-order valence-corrected chi connectivity index (χ0v) is 18.0. The van der Waals surface area contributed by atoms with Crippen LogP contribution in [0.15, 0.2) is 103 Å². The van der Waals surface area contributed by atoms with Crippen molar-refractivity contribution >= 4 is 11.6 Å². The maximum atomic E-state index is 13.7. The average Bonchev–Trinajstić information content (AvgIpc) is 3.24. The second-order valence-electron chi connectivity index (χ2n) is 7.52. The van der Waals surface area contributed by atoms with Crippen LogP contribution in [0.3, 0.4) is 0 Å². The van der Waals surface area contributed by atoms with Gasteiger partial charge in [0.25, 0.3) is 0 Å². The monoisotopic (exact) mass is 421 g/mol. The van der Waals surface area contributed by atoms with E-state index in [0.29, 0.717) is 16.8 Å². The summed E-state index contributed by atoms with van der Waals surface area (Å²) in [6, 6.07) is 28.1. The predicted molar refractivity (Wildman–Crippen MR) is 126 cm³/mol. The van der Waals surface area contributed by atoms with Crippen LogP contribution in [0.4, 0.5) is 0 Å². The fourth-order valence-electron chi connectivity index (χ4n) is 3.45. The van der Waals surface area contributed by atoms with Gasteiger partial charge >= 0.3 is 0 Å². The molecule has 5 nitrogen and oxygen atoms in total. The number of nitrogens with zero attached hydrogens (tertiary/aromatic N) is 3. The summed E-state index contributed by atoms with van der Waals surface area (Å²) in [6.45, 7) is 0. The highest BCUT2D eigenvalue weighted by Gasteiger charge is 2.29. The van der Waals surface area contributed by atoms with Crippen molar-refractivity contribution in [2.75, 3.05) is 14.1 Å². The Kier molecular flexibility index (Phi) is 6.08. The first kappa shape index (κ1) is 21.0. The Balaban J connectivity index is 2.02. The molecule has 0 aliphatic rings. The SMILES string of the molecule is CN(C)/C=C/C(=O)c1nn(-c2ccccc2)c(-c2ccccc2)c1C(=O)c1ccccc1. The molecule has 1 heterocycles. The topological polar surface area (TPSA) is 55.2 Å². The van der Waals surface area contributed by atoms with Crippen molar-refractivity contribution in [1.82, 2.24) is 14.7 Å². The minimum absolute atomic E-state index is 0.125. The van der Waals surface area contributed by atoms with Gasteiger partial charge in [0.15, 0.2) is 5.78 Å². The maximum absolute atomic E-state index is 13.7. The molecule has 0 bridgehead atoms. The molecule has 1 aromatic heterocycles. The van der Waals surface area contributed by atoms with Gasteiger partial charge in [0.2, 0.25) is 5.78 Å². The van der Waals surface area contributed by atoms with Crippen LogP contribution < -0.4 is 0 Å². The zero-order chi connectivity index (χ0) is 22.5. The lowest BCUT2D eigenvalue weighted by molar-refractivity contribution is 0.100. The van der Waals surface area contributed by atoms with E-state index in [1.807, 2.05) is 93.0 Å². The fraction of sp³-hybridized carbons (Fsp3) is 0.0741. The molecule has 0 amide bonds. The number of benzene rings is 3. The lowest BCUT2D eigenvalue weighted by atomic mass is 9.96. The van der Waals surface area contributed by atoms with E-state index < -0.39 is 0 Å². The molecular weight excluding hydrogens is 398 g/mol. The first-order valence-electron chi connectivity index (χ1n) is 10.3. The molecule has 4 rings (SSSR count). The number of para-hydroxylation sites is 1. The summed E-state index contributed by atoms with van der Waals surface area (Å²) in [4.78, 5) is 28.7. The molecule has 0 N–H and O–H groups in total. The quantitative estimate of drug-likeness (QED) is 0.310. The largest absolute Gasteiger partial charge is 0.383 e. The van der Waals surface area contributed by atoms with E-state index in [-0.39, 0.29) is 17.3 Å². The second kappa shape index (κ2) is 9.27. The fourth-order valence-corrected chi connectivity index (χ4v) is 3.45. The third kappa shape index (κ3) is 4.27. The highest BCUT2D eigenvalue weighted by atomic mass is 16.1. The molecule has 0 fully saturated rings. The van der Waals surface area contributed by atoms with Gasteiger partial charge in [-0.3, -0.25) is 9.59 Å². The molecule has 0 atom stereocenters. The van der Waals surface area contributed by atoms with Crippen molar-refractivity contribution in [2.24, 2.45) is 0 Å². The van der Waals surface area contributed by atoms with E-state index in [1.54, 1.807) is 27.9 Å². The van der Waals surface area contributed by atoms with E-state index in [9.17, 15) is 9.59 Å². The molecule has 0 radical (unpaired) electrons. The van der Waals surface area contributed by atoms with E-state index >= 15 is 0 Å². The Morgan fingerprint density at radius 2 is 1.38 bits per heavy atom. The van der Waals surface area contributed by atoms with Crippen LogP contribution in [-0.4, -0.2) is 40.3 Å². The minimum atomic E-state index is -0.329. The molecule has 0 aliphatic heterocycles. The molecular formula is C27H23N3O2. The second-order valence-corrected chi connectivity index (χ2v) is 7.52. The van der Waals surface area contributed by atoms with Gasteiger partial charge in [-0.25, -0.2) is 4.68 Å². The first-order valence-corrected chi connectivity index (χ1v) is 10.3. The number of carbonyl (C=O) groups excluding carboxylic acids is 2. The van der Waals surface area contributed by atoms with E-state index in [1.165, 1.54) is 6.08 Å². The Hall–Kier alpha value is -4.25. The average molecular weight is 422 g/mol. The Morgan fingerprint density at radius 3 is 1.97 bits per heavy atom. The Morgan fingerprint density at radius 1 is 0.812 bits per heavy atom. The highest BCUT2D eigenvalue weighted by molar-refractivity contribution is 6.20. The molecule has 0 aliphatic carbocycles. The van der Waals surface area contributed by atoms with Crippen molar-refractivity contribution in [3.8, 4) is 16.9 Å². The van der Waals surface area contributed by atoms with E-state index in [4.69, 9.17) is 0 Å². The van der Waals surface area contributed by atoms with Gasteiger partial charge in [0.1, 0.15) is 5.69 Å². The number of aromatic nitrogens is 2. The summed E-state index contributed by atoms with van der Waals surface area (Å²) in [7, 11) is 3.66. The first-order chi connectivity index (χ1) is 15.6. The Labute approximate surface area is 187 Å². The smallest absolute Gasteiger partial charge is 0.208 e. The van der Waals surface area contributed by atoms with Gasteiger partial charge in [0, 0.05) is 37.5 Å². The normalized spacial score (nSPS) is 10.9. The lowest BCUT2D eigenvalue weighted by Crippen LogP contribution is -2.10. The van der Waals surface area contributed by atoms with Crippen molar-refractivity contribution in [1.29, 1.82) is 0 Å². The number of hydrogen-bond acceptors (Lipinski definition) is 4. The molecule has 158 valence electrons. The number of rotatable bonds is 7. The summed E-state index contributed by atoms with van der Waals surface area (Å²) in [6.07, 6.45) is 3.09. The van der Waals surface area contributed by atoms with Gasteiger partial charge in [-0.2, -0.15) is 5.10 Å². The van der Waals surface area contributed by atoms with Gasteiger partial charge in [-0.1, -0.05) is 78.9 Å². The summed E-state index contributed by atoms with van der Waals surface area (Å²) >= 11 is 0. The van der Waals surface area contributed by atoms with Gasteiger partial charge in [-0.15, -0.1) is 0 Å². The van der Waals surface area contributed by atoms with E-state index in [0.717, 1.165) is 11.3 Å². The number of hydrogen-bond donors (Lipinski definition) is 0. The summed E-state index contributed by atoms with van der Waals surface area (Å²) < 4.78 is 1.68. The molecule has 5 heteroatoms. The predicted octanol–water partition coefficient (Wildman–Crippen LogP) is 5.03. The van der Waals surface area contributed by atoms with Crippen molar-refractivity contribution in [3.63, 3.8) is 0 Å².